The second-order valence-electron chi connectivity index (χ2n) is 10.6. The number of hydrogen-bond donors (Lipinski definition) is 1. The van der Waals surface area contributed by atoms with Crippen molar-refractivity contribution in [2.45, 2.75) is 54.2 Å². The summed E-state index contributed by atoms with van der Waals surface area (Å²) in [6.45, 7) is 12.4. The van der Waals surface area contributed by atoms with Crippen LogP contribution >= 0.6 is 17.0 Å². The summed E-state index contributed by atoms with van der Waals surface area (Å²) in [5, 5.41) is 0. The maximum absolute atomic E-state index is 7.55. The standard InChI is InChI=1S/C9H7.C4H10N.C4H11O2Si.CH3.CH2.2ClH.Zr/c1-2-5-9-7-3-6-8(9)4-1;1-4(2,3)5;1-7(2,3)6-4-5;;;;;/h1-7H;5H,1-3H3;4H2,1-3H3;1H3;1H2;2*1H;/q;2*-1;;;;;+4/p-2. The molecule has 7 heteroatoms. The molecule has 0 heterocycles. The molecule has 0 spiro atoms. The number of hydrogen-bond acceptors (Lipinski definition) is 3. The van der Waals surface area contributed by atoms with E-state index in [1.165, 1.54) is 0 Å². The normalized spacial score (nSPS) is 22.2. The van der Waals surface area contributed by atoms with E-state index in [1.54, 1.807) is 4.63 Å². The first-order chi connectivity index (χ1) is 11.3. The third-order valence-corrected chi connectivity index (χ3v) is 24.0. The van der Waals surface area contributed by atoms with Crippen molar-refractivity contribution >= 4 is 35.6 Å². The van der Waals surface area contributed by atoms with Crippen molar-refractivity contribution in [3.05, 3.63) is 41.5 Å². The molecule has 0 saturated heterocycles. The molecule has 0 amide bonds. The van der Waals surface area contributed by atoms with Gasteiger partial charge in [0.05, 0.1) is 0 Å². The minimum absolute atomic E-state index is 0.0140. The van der Waals surface area contributed by atoms with E-state index in [-0.39, 0.29) is 10.4 Å². The quantitative estimate of drug-likeness (QED) is 0.367. The Morgan fingerprint density at radius 2 is 1.77 bits per heavy atom. The molecule has 0 fully saturated rings. The van der Waals surface area contributed by atoms with Crippen LogP contribution in [0.4, 0.5) is 0 Å². The Bertz CT molecular complexity index is 873. The Labute approximate surface area is 161 Å². The van der Waals surface area contributed by atoms with Crippen molar-refractivity contribution in [1.82, 2.24) is 3.26 Å². The van der Waals surface area contributed by atoms with Gasteiger partial charge in [-0.1, -0.05) is 0 Å². The van der Waals surface area contributed by atoms with Crippen LogP contribution in [-0.4, -0.2) is 24.9 Å². The molecule has 1 aliphatic carbocycles. The van der Waals surface area contributed by atoms with E-state index in [0.29, 0.717) is 0 Å². The molecule has 1 atom stereocenters. The number of allylic oxidation sites excluding steroid dienone is 1. The first-order valence-corrected chi connectivity index (χ1v) is 26.7. The van der Waals surface area contributed by atoms with Gasteiger partial charge in [-0.3, -0.25) is 0 Å². The molecule has 1 aromatic rings. The summed E-state index contributed by atoms with van der Waals surface area (Å²) in [6.07, 6.45) is 4.06. The fraction of sp³-hybridized carbons (Fsp3) is 0.526. The third kappa shape index (κ3) is 4.86. The van der Waals surface area contributed by atoms with Crippen molar-refractivity contribution in [3.63, 3.8) is 0 Å². The molecule has 1 aliphatic rings. The van der Waals surface area contributed by atoms with E-state index in [4.69, 9.17) is 24.3 Å². The van der Waals surface area contributed by atoms with E-state index in [9.17, 15) is 0 Å². The van der Waals surface area contributed by atoms with Gasteiger partial charge in [0.25, 0.3) is 0 Å². The molecule has 0 radical (unpaired) electrons. The first kappa shape index (κ1) is 22.7. The van der Waals surface area contributed by atoms with Gasteiger partial charge in [-0.2, -0.15) is 0 Å². The number of halogens is 2. The zero-order valence-electron chi connectivity index (χ0n) is 17.0. The molecule has 1 aromatic carbocycles. The van der Waals surface area contributed by atoms with Crippen LogP contribution < -0.4 is 3.26 Å². The van der Waals surface area contributed by atoms with Crippen molar-refractivity contribution in [2.75, 3.05) is 6.79 Å². The van der Waals surface area contributed by atoms with E-state index in [2.05, 4.69) is 33.2 Å². The summed E-state index contributed by atoms with van der Waals surface area (Å²) in [5.74, 6) is 0. The summed E-state index contributed by atoms with van der Waals surface area (Å²) in [6, 6.07) is 8.08. The summed E-state index contributed by atoms with van der Waals surface area (Å²) in [4.78, 5) is 0. The van der Waals surface area contributed by atoms with E-state index in [1.807, 2.05) is 51.1 Å². The van der Waals surface area contributed by atoms with Crippen molar-refractivity contribution in [3.8, 4) is 0 Å². The average molecular weight is 498 g/mol. The molecular formula is C19H33Cl2NO2SiZr. The van der Waals surface area contributed by atoms with E-state index >= 15 is 0 Å². The Hall–Kier alpha value is 0.390. The Kier molecular flexibility index (Phi) is 4.80. The van der Waals surface area contributed by atoms with Gasteiger partial charge in [-0.15, -0.1) is 0 Å². The summed E-state index contributed by atoms with van der Waals surface area (Å²) >= 11 is -6.30. The van der Waals surface area contributed by atoms with Crippen molar-refractivity contribution in [2.24, 2.45) is 0 Å². The molecule has 148 valence electrons. The molecule has 1 N–H and O–H groups in total. The summed E-state index contributed by atoms with van der Waals surface area (Å²) in [5.41, 5.74) is 1.71. The van der Waals surface area contributed by atoms with Crippen molar-refractivity contribution < 1.29 is 20.9 Å². The topological polar surface area (TPSA) is 30.5 Å². The van der Waals surface area contributed by atoms with Crippen LogP contribution in [0.25, 0.3) is 6.08 Å². The Morgan fingerprint density at radius 1 is 1.19 bits per heavy atom. The third-order valence-electron chi connectivity index (χ3n) is 4.72. The Balaban J connectivity index is 2.65. The molecule has 0 aliphatic heterocycles. The number of rotatable bonds is 6. The van der Waals surface area contributed by atoms with E-state index in [0.717, 1.165) is 11.1 Å². The molecule has 0 bridgehead atoms. The molecule has 0 saturated carbocycles. The van der Waals surface area contributed by atoms with Crippen molar-refractivity contribution in [1.29, 1.82) is 0 Å². The van der Waals surface area contributed by atoms with Gasteiger partial charge in [0.1, 0.15) is 0 Å². The van der Waals surface area contributed by atoms with Gasteiger partial charge in [0, 0.05) is 0 Å². The fourth-order valence-electron chi connectivity index (χ4n) is 4.01. The fourth-order valence-corrected chi connectivity index (χ4v) is 24.4. The predicted molar refractivity (Wildman–Crippen MR) is 116 cm³/mol. The van der Waals surface area contributed by atoms with Gasteiger partial charge in [0.15, 0.2) is 0 Å². The van der Waals surface area contributed by atoms with Gasteiger partial charge >= 0.3 is 162 Å². The zero-order valence-corrected chi connectivity index (χ0v) is 22.0. The van der Waals surface area contributed by atoms with Crippen LogP contribution in [0, 0.1) is 0 Å². The SMILES string of the molecule is [CH2]=[Zr]([CH3])([Cl])([Cl])([NH]C(C)(C)C)([O]CO[Si](C)(C)C)[CH]1C=Cc2ccccc21. The van der Waals surface area contributed by atoms with Gasteiger partial charge in [-0.25, -0.2) is 0 Å². The van der Waals surface area contributed by atoms with Gasteiger partial charge in [0.2, 0.25) is 0 Å². The van der Waals surface area contributed by atoms with Crippen LogP contribution in [0.5, 0.6) is 0 Å². The van der Waals surface area contributed by atoms with E-state index < -0.39 is 27.5 Å². The van der Waals surface area contributed by atoms with Crippen LogP contribution in [0.3, 0.4) is 0 Å². The molecule has 26 heavy (non-hydrogen) atoms. The first-order valence-electron chi connectivity index (χ1n) is 9.08. The van der Waals surface area contributed by atoms with Gasteiger partial charge < -0.3 is 0 Å². The molecule has 0 aromatic heterocycles. The number of nitrogens with one attached hydrogen (secondary N) is 1. The minimum atomic E-state index is -6.30. The maximum atomic E-state index is 7.55. The Morgan fingerprint density at radius 3 is 2.31 bits per heavy atom. The number of benzene rings is 1. The second-order valence-corrected chi connectivity index (χ2v) is 51.7. The predicted octanol–water partition coefficient (Wildman–Crippen LogP) is 6.35. The van der Waals surface area contributed by atoms with Gasteiger partial charge in [-0.05, 0) is 0 Å². The summed E-state index contributed by atoms with van der Waals surface area (Å²) in [7, 11) is 13.3. The van der Waals surface area contributed by atoms with Crippen LogP contribution in [-0.2, 0) is 20.9 Å². The molecule has 3 nitrogen and oxygen atoms in total. The molecule has 1 unspecified atom stereocenters. The average Bonchev–Trinajstić information content (AvgIpc) is 2.78. The van der Waals surface area contributed by atoms with Crippen LogP contribution in [0.15, 0.2) is 30.3 Å². The summed E-state index contributed by atoms with van der Waals surface area (Å²) < 4.78 is 21.9. The molecular weight excluding hydrogens is 464 g/mol. The number of fused-ring (bicyclic) bond motifs is 1. The monoisotopic (exact) mass is 495 g/mol. The second kappa shape index (κ2) is 5.50. The van der Waals surface area contributed by atoms with Crippen LogP contribution in [0.2, 0.25) is 24.3 Å². The molecule has 2 rings (SSSR count). The zero-order chi connectivity index (χ0) is 20.2. The van der Waals surface area contributed by atoms with Crippen LogP contribution in [0.1, 0.15) is 35.5 Å².